The van der Waals surface area contributed by atoms with Crippen LogP contribution in [-0.2, 0) is 22.9 Å². The zero-order chi connectivity index (χ0) is 18.4. The van der Waals surface area contributed by atoms with Crippen molar-refractivity contribution in [2.45, 2.75) is 30.7 Å². The molecule has 0 atom stereocenters. The molecule has 3 aromatic carbocycles. The van der Waals surface area contributed by atoms with Gasteiger partial charge in [0.1, 0.15) is 0 Å². The Morgan fingerprint density at radius 2 is 1.19 bits per heavy atom. The molecule has 0 unspecified atom stereocenters. The van der Waals surface area contributed by atoms with E-state index in [9.17, 15) is 8.42 Å². The van der Waals surface area contributed by atoms with Gasteiger partial charge in [-0.3, -0.25) is 0 Å². The zero-order valence-corrected chi connectivity index (χ0v) is 15.6. The maximum absolute atomic E-state index is 12.8. The minimum atomic E-state index is -3.57. The average Bonchev–Trinajstić information content (AvgIpc) is 2.63. The Balaban J connectivity index is 1.83. The van der Waals surface area contributed by atoms with E-state index in [1.54, 1.807) is 12.1 Å². The van der Waals surface area contributed by atoms with Crippen molar-refractivity contribution < 1.29 is 8.42 Å². The number of rotatable bonds is 7. The first-order chi connectivity index (χ1) is 12.5. The number of nitrogens with one attached hydrogen (secondary N) is 1. The first-order valence-electron chi connectivity index (χ1n) is 8.70. The average molecular weight is 365 g/mol. The molecule has 0 aliphatic rings. The number of benzene rings is 3. The summed E-state index contributed by atoms with van der Waals surface area (Å²) in [5, 5.41) is 0. The van der Waals surface area contributed by atoms with Crippen molar-refractivity contribution >= 4 is 10.0 Å². The number of sulfonamides is 1. The summed E-state index contributed by atoms with van der Waals surface area (Å²) in [5.74, 6) is 0. The van der Waals surface area contributed by atoms with Gasteiger partial charge in [-0.25, -0.2) is 13.1 Å². The van der Waals surface area contributed by atoms with Crippen molar-refractivity contribution in [1.82, 2.24) is 4.72 Å². The smallest absolute Gasteiger partial charge is 0.207 e. The van der Waals surface area contributed by atoms with Crippen LogP contribution >= 0.6 is 0 Å². The van der Waals surface area contributed by atoms with Crippen molar-refractivity contribution in [3.63, 3.8) is 0 Å². The Morgan fingerprint density at radius 3 is 1.65 bits per heavy atom. The molecule has 3 rings (SSSR count). The van der Waals surface area contributed by atoms with E-state index < -0.39 is 10.0 Å². The number of hydrogen-bond donors (Lipinski definition) is 1. The Kier molecular flexibility index (Phi) is 5.86. The van der Waals surface area contributed by atoms with E-state index in [1.807, 2.05) is 79.7 Å². The predicted molar refractivity (Wildman–Crippen MR) is 106 cm³/mol. The quantitative estimate of drug-likeness (QED) is 0.684. The van der Waals surface area contributed by atoms with Gasteiger partial charge >= 0.3 is 0 Å². The molecule has 0 saturated carbocycles. The van der Waals surface area contributed by atoms with Gasteiger partial charge in [0.05, 0.1) is 4.90 Å². The number of hydrogen-bond acceptors (Lipinski definition) is 2. The van der Waals surface area contributed by atoms with E-state index in [2.05, 4.69) is 4.72 Å². The van der Waals surface area contributed by atoms with Gasteiger partial charge in [0.25, 0.3) is 0 Å². The van der Waals surface area contributed by atoms with E-state index in [0.29, 0.717) is 17.7 Å². The van der Waals surface area contributed by atoms with Crippen molar-refractivity contribution in [3.8, 4) is 0 Å². The monoisotopic (exact) mass is 365 g/mol. The molecule has 0 bridgehead atoms. The molecular weight excluding hydrogens is 342 g/mol. The highest BCUT2D eigenvalue weighted by Crippen LogP contribution is 2.15. The molecule has 0 heterocycles. The van der Waals surface area contributed by atoms with E-state index >= 15 is 0 Å². The summed E-state index contributed by atoms with van der Waals surface area (Å²) in [4.78, 5) is 0.300. The van der Waals surface area contributed by atoms with Gasteiger partial charge < -0.3 is 0 Å². The molecule has 3 aromatic rings. The third-order valence-electron chi connectivity index (χ3n) is 4.30. The second kappa shape index (κ2) is 8.30. The summed E-state index contributed by atoms with van der Waals surface area (Å²) in [5.41, 5.74) is 3.26. The van der Waals surface area contributed by atoms with E-state index in [0.717, 1.165) is 16.7 Å². The largest absolute Gasteiger partial charge is 0.240 e. The molecule has 134 valence electrons. The summed E-state index contributed by atoms with van der Waals surface area (Å²) in [7, 11) is -3.57. The van der Waals surface area contributed by atoms with Crippen LogP contribution < -0.4 is 4.72 Å². The molecule has 4 heteroatoms. The number of aryl methyl sites for hydroxylation is 1. The lowest BCUT2D eigenvalue weighted by molar-refractivity contribution is 0.543. The molecule has 0 aromatic heterocycles. The van der Waals surface area contributed by atoms with Crippen LogP contribution in [-0.4, -0.2) is 14.5 Å². The molecule has 0 aliphatic carbocycles. The predicted octanol–water partition coefficient (Wildman–Crippen LogP) is 4.13. The van der Waals surface area contributed by atoms with Crippen molar-refractivity contribution in [3.05, 3.63) is 102 Å². The van der Waals surface area contributed by atoms with Crippen molar-refractivity contribution in [2.75, 3.05) is 0 Å². The third kappa shape index (κ3) is 5.04. The minimum absolute atomic E-state index is 0.217. The molecule has 0 radical (unpaired) electrons. The van der Waals surface area contributed by atoms with Crippen LogP contribution in [0.2, 0.25) is 0 Å². The van der Waals surface area contributed by atoms with Gasteiger partial charge in [-0.15, -0.1) is 0 Å². The second-order valence-electron chi connectivity index (χ2n) is 6.51. The molecule has 0 saturated heterocycles. The van der Waals surface area contributed by atoms with E-state index in [-0.39, 0.29) is 6.04 Å². The summed E-state index contributed by atoms with van der Waals surface area (Å²) in [6, 6.07) is 26.7. The lowest BCUT2D eigenvalue weighted by Gasteiger charge is -2.19. The van der Waals surface area contributed by atoms with Gasteiger partial charge in [0.15, 0.2) is 0 Å². The minimum Gasteiger partial charge on any atom is -0.207 e. The lowest BCUT2D eigenvalue weighted by Crippen LogP contribution is -2.38. The Labute approximate surface area is 155 Å². The molecule has 0 aliphatic heterocycles. The molecule has 0 fully saturated rings. The van der Waals surface area contributed by atoms with Gasteiger partial charge in [0, 0.05) is 6.04 Å². The summed E-state index contributed by atoms with van der Waals surface area (Å²) in [6.07, 6.45) is 1.28. The first-order valence-corrected chi connectivity index (χ1v) is 10.2. The van der Waals surface area contributed by atoms with Gasteiger partial charge in [0.2, 0.25) is 10.0 Å². The fraction of sp³-hybridized carbons (Fsp3) is 0.182. The molecule has 3 nitrogen and oxygen atoms in total. The molecule has 0 amide bonds. The SMILES string of the molecule is Cc1ccc(S(=O)(=O)NC(Cc2ccccc2)Cc2ccccc2)cc1. The normalized spacial score (nSPS) is 11.6. The molecule has 0 spiro atoms. The molecule has 26 heavy (non-hydrogen) atoms. The highest BCUT2D eigenvalue weighted by atomic mass is 32.2. The summed E-state index contributed by atoms with van der Waals surface area (Å²) < 4.78 is 28.5. The van der Waals surface area contributed by atoms with Crippen molar-refractivity contribution in [2.24, 2.45) is 0 Å². The van der Waals surface area contributed by atoms with Crippen LogP contribution in [0.1, 0.15) is 16.7 Å². The third-order valence-corrected chi connectivity index (χ3v) is 5.84. The highest BCUT2D eigenvalue weighted by molar-refractivity contribution is 7.89. The maximum atomic E-state index is 12.8. The van der Waals surface area contributed by atoms with Crippen LogP contribution in [0.4, 0.5) is 0 Å². The van der Waals surface area contributed by atoms with Crippen LogP contribution in [0.5, 0.6) is 0 Å². The molecule has 1 N–H and O–H groups in total. The molecular formula is C22H23NO2S. The highest BCUT2D eigenvalue weighted by Gasteiger charge is 2.20. The van der Waals surface area contributed by atoms with Crippen LogP contribution in [0.3, 0.4) is 0 Å². The fourth-order valence-corrected chi connectivity index (χ4v) is 4.19. The van der Waals surface area contributed by atoms with Crippen LogP contribution in [0.25, 0.3) is 0 Å². The summed E-state index contributed by atoms with van der Waals surface area (Å²) in [6.45, 7) is 1.94. The van der Waals surface area contributed by atoms with Gasteiger partial charge in [-0.05, 0) is 43.0 Å². The van der Waals surface area contributed by atoms with Gasteiger partial charge in [-0.2, -0.15) is 0 Å². The topological polar surface area (TPSA) is 46.2 Å². The standard InChI is InChI=1S/C22H23NO2S/c1-18-12-14-22(15-13-18)26(24,25)23-21(16-19-8-4-2-5-9-19)17-20-10-6-3-7-11-20/h2-15,21,23H,16-17H2,1H3. The Morgan fingerprint density at radius 1 is 0.731 bits per heavy atom. The van der Waals surface area contributed by atoms with E-state index in [1.165, 1.54) is 0 Å². The fourth-order valence-electron chi connectivity index (χ4n) is 2.96. The lowest BCUT2D eigenvalue weighted by atomic mass is 10.00. The zero-order valence-electron chi connectivity index (χ0n) is 14.8. The summed E-state index contributed by atoms with van der Waals surface area (Å²) >= 11 is 0. The maximum Gasteiger partial charge on any atom is 0.240 e. The Hall–Kier alpha value is -2.43. The van der Waals surface area contributed by atoms with Gasteiger partial charge in [-0.1, -0.05) is 78.4 Å². The van der Waals surface area contributed by atoms with E-state index in [4.69, 9.17) is 0 Å². The second-order valence-corrected chi connectivity index (χ2v) is 8.22. The van der Waals surface area contributed by atoms with Crippen LogP contribution in [0.15, 0.2) is 89.8 Å². The van der Waals surface area contributed by atoms with Crippen molar-refractivity contribution in [1.29, 1.82) is 0 Å². The van der Waals surface area contributed by atoms with Crippen LogP contribution in [0, 0.1) is 6.92 Å². The Bertz CT molecular complexity index is 879. The first kappa shape index (κ1) is 18.4.